The molecule has 1 heterocycles. The van der Waals surface area contributed by atoms with Gasteiger partial charge in [0, 0.05) is 23.0 Å². The van der Waals surface area contributed by atoms with Crippen LogP contribution in [0.3, 0.4) is 0 Å². The van der Waals surface area contributed by atoms with Crippen LogP contribution < -0.4 is 10.0 Å². The van der Waals surface area contributed by atoms with Crippen molar-refractivity contribution in [2.45, 2.75) is 30.2 Å². The molecule has 0 unspecified atom stereocenters. The Morgan fingerprint density at radius 1 is 1.29 bits per heavy atom. The molecule has 1 aromatic heterocycles. The lowest BCUT2D eigenvalue weighted by Gasteiger charge is -2.09. The smallest absolute Gasteiger partial charge is 0.251 e. The first-order valence-corrected chi connectivity index (χ1v) is 9.94. The van der Waals surface area contributed by atoms with E-state index in [1.807, 2.05) is 17.5 Å². The number of benzene rings is 1. The van der Waals surface area contributed by atoms with Gasteiger partial charge < -0.3 is 5.32 Å². The second kappa shape index (κ2) is 7.00. The Labute approximate surface area is 144 Å². The Balaban J connectivity index is 1.69. The first kappa shape index (κ1) is 17.1. The van der Waals surface area contributed by atoms with E-state index >= 15 is 0 Å². The molecule has 128 valence electrons. The van der Waals surface area contributed by atoms with Crippen molar-refractivity contribution in [1.29, 1.82) is 0 Å². The van der Waals surface area contributed by atoms with Crippen molar-refractivity contribution in [2.75, 3.05) is 6.54 Å². The fourth-order valence-electron chi connectivity index (χ4n) is 2.19. The van der Waals surface area contributed by atoms with Gasteiger partial charge >= 0.3 is 0 Å². The molecule has 0 aliphatic heterocycles. The lowest BCUT2D eigenvalue weighted by molar-refractivity contribution is 0.0954. The predicted octanol–water partition coefficient (Wildman–Crippen LogP) is 2.30. The van der Waals surface area contributed by atoms with Gasteiger partial charge in [-0.15, -0.1) is 11.3 Å². The van der Waals surface area contributed by atoms with Crippen LogP contribution in [0.25, 0.3) is 0 Å². The molecule has 0 spiro atoms. The summed E-state index contributed by atoms with van der Waals surface area (Å²) in [6.45, 7) is 0.430. The number of halogens is 1. The number of hydrogen-bond donors (Lipinski definition) is 2. The number of carbonyl (C=O) groups excluding carboxylic acids is 1. The standard InChI is InChI=1S/C16H17FN2O3S2/c17-14-6-3-11(10-15(14)24(21,22)19-12-4-5-12)16(20)18-8-7-13-2-1-9-23-13/h1-3,6,9-10,12,19H,4-5,7-8H2,(H,18,20). The number of thiophene rings is 1. The molecule has 8 heteroatoms. The van der Waals surface area contributed by atoms with Crippen molar-refractivity contribution in [3.8, 4) is 0 Å². The maximum atomic E-state index is 13.9. The molecule has 0 saturated heterocycles. The topological polar surface area (TPSA) is 75.3 Å². The van der Waals surface area contributed by atoms with E-state index in [1.54, 1.807) is 11.3 Å². The molecule has 1 aliphatic carbocycles. The third-order valence-electron chi connectivity index (χ3n) is 3.62. The molecule has 5 nitrogen and oxygen atoms in total. The van der Waals surface area contributed by atoms with E-state index in [4.69, 9.17) is 0 Å². The second-order valence-corrected chi connectivity index (χ2v) is 8.34. The Morgan fingerprint density at radius 3 is 2.75 bits per heavy atom. The minimum absolute atomic E-state index is 0.124. The summed E-state index contributed by atoms with van der Waals surface area (Å²) in [5.41, 5.74) is 0.124. The Morgan fingerprint density at radius 2 is 2.08 bits per heavy atom. The third-order valence-corrected chi connectivity index (χ3v) is 6.09. The zero-order chi connectivity index (χ0) is 17.2. The summed E-state index contributed by atoms with van der Waals surface area (Å²) in [6, 6.07) is 7.16. The van der Waals surface area contributed by atoms with Gasteiger partial charge in [0.25, 0.3) is 5.91 Å². The fraction of sp³-hybridized carbons (Fsp3) is 0.312. The van der Waals surface area contributed by atoms with E-state index in [-0.39, 0.29) is 11.6 Å². The highest BCUT2D eigenvalue weighted by molar-refractivity contribution is 7.89. The highest BCUT2D eigenvalue weighted by Gasteiger charge is 2.30. The van der Waals surface area contributed by atoms with Crippen LogP contribution in [0.4, 0.5) is 4.39 Å². The van der Waals surface area contributed by atoms with Gasteiger partial charge in [0.2, 0.25) is 10.0 Å². The van der Waals surface area contributed by atoms with E-state index in [9.17, 15) is 17.6 Å². The monoisotopic (exact) mass is 368 g/mol. The normalized spacial score (nSPS) is 14.5. The number of amides is 1. The zero-order valence-corrected chi connectivity index (χ0v) is 14.4. The van der Waals surface area contributed by atoms with Gasteiger partial charge in [-0.3, -0.25) is 4.79 Å². The molecule has 2 aromatic rings. The SMILES string of the molecule is O=C(NCCc1cccs1)c1ccc(F)c(S(=O)(=O)NC2CC2)c1. The first-order valence-electron chi connectivity index (χ1n) is 7.58. The second-order valence-electron chi connectivity index (χ2n) is 5.63. The van der Waals surface area contributed by atoms with Crippen LogP contribution in [0.5, 0.6) is 0 Å². The van der Waals surface area contributed by atoms with Crippen LogP contribution in [0.2, 0.25) is 0 Å². The molecule has 0 radical (unpaired) electrons. The van der Waals surface area contributed by atoms with Crippen molar-refractivity contribution in [3.05, 3.63) is 52.0 Å². The van der Waals surface area contributed by atoms with Crippen molar-refractivity contribution < 1.29 is 17.6 Å². The van der Waals surface area contributed by atoms with Gasteiger partial charge in [-0.2, -0.15) is 0 Å². The van der Waals surface area contributed by atoms with Crippen LogP contribution in [-0.2, 0) is 16.4 Å². The summed E-state index contributed by atoms with van der Waals surface area (Å²) in [6.07, 6.45) is 2.20. The maximum absolute atomic E-state index is 13.9. The highest BCUT2D eigenvalue weighted by Crippen LogP contribution is 2.24. The molecule has 1 aliphatic rings. The summed E-state index contributed by atoms with van der Waals surface area (Å²) in [4.78, 5) is 12.8. The molecular weight excluding hydrogens is 351 g/mol. The van der Waals surface area contributed by atoms with E-state index in [1.165, 1.54) is 6.07 Å². The Kier molecular flexibility index (Phi) is 4.98. The van der Waals surface area contributed by atoms with E-state index in [0.717, 1.165) is 29.9 Å². The van der Waals surface area contributed by atoms with Gasteiger partial charge in [0.15, 0.2) is 0 Å². The quantitative estimate of drug-likeness (QED) is 0.787. The van der Waals surface area contributed by atoms with Crippen LogP contribution >= 0.6 is 11.3 Å². The van der Waals surface area contributed by atoms with E-state index in [0.29, 0.717) is 13.0 Å². The number of nitrogens with one attached hydrogen (secondary N) is 2. The summed E-state index contributed by atoms with van der Waals surface area (Å²) in [7, 11) is -3.94. The molecule has 2 N–H and O–H groups in total. The van der Waals surface area contributed by atoms with Gasteiger partial charge in [-0.25, -0.2) is 17.5 Å². The van der Waals surface area contributed by atoms with E-state index in [2.05, 4.69) is 10.0 Å². The predicted molar refractivity (Wildman–Crippen MR) is 90.1 cm³/mol. The van der Waals surface area contributed by atoms with Crippen LogP contribution in [0.1, 0.15) is 28.1 Å². The van der Waals surface area contributed by atoms with Crippen LogP contribution in [0.15, 0.2) is 40.6 Å². The highest BCUT2D eigenvalue weighted by atomic mass is 32.2. The number of sulfonamides is 1. The lowest BCUT2D eigenvalue weighted by Crippen LogP contribution is -2.28. The third kappa shape index (κ3) is 4.19. The van der Waals surface area contributed by atoms with E-state index < -0.39 is 26.6 Å². The average Bonchev–Trinajstić information content (AvgIpc) is 3.18. The fourth-order valence-corrected chi connectivity index (χ4v) is 4.31. The van der Waals surface area contributed by atoms with Gasteiger partial charge in [-0.1, -0.05) is 6.07 Å². The molecule has 1 aromatic carbocycles. The Bertz CT molecular complexity index is 831. The number of rotatable bonds is 7. The largest absolute Gasteiger partial charge is 0.352 e. The van der Waals surface area contributed by atoms with Gasteiger partial charge in [-0.05, 0) is 48.9 Å². The summed E-state index contributed by atoms with van der Waals surface area (Å²) in [5.74, 6) is -1.28. The molecule has 0 bridgehead atoms. The molecular formula is C16H17FN2O3S2. The van der Waals surface area contributed by atoms with Crippen LogP contribution in [0, 0.1) is 5.82 Å². The number of hydrogen-bond acceptors (Lipinski definition) is 4. The minimum atomic E-state index is -3.94. The van der Waals surface area contributed by atoms with Gasteiger partial charge in [0.1, 0.15) is 10.7 Å². The molecule has 0 atom stereocenters. The summed E-state index contributed by atoms with van der Waals surface area (Å²) < 4.78 is 40.6. The average molecular weight is 368 g/mol. The minimum Gasteiger partial charge on any atom is -0.352 e. The van der Waals surface area contributed by atoms with Crippen molar-refractivity contribution in [2.24, 2.45) is 0 Å². The first-order chi connectivity index (χ1) is 11.5. The van der Waals surface area contributed by atoms with Gasteiger partial charge in [0.05, 0.1) is 0 Å². The van der Waals surface area contributed by atoms with Crippen LogP contribution in [-0.4, -0.2) is 26.9 Å². The lowest BCUT2D eigenvalue weighted by atomic mass is 10.2. The maximum Gasteiger partial charge on any atom is 0.251 e. The molecule has 3 rings (SSSR count). The molecule has 24 heavy (non-hydrogen) atoms. The van der Waals surface area contributed by atoms with Crippen molar-refractivity contribution in [1.82, 2.24) is 10.0 Å². The zero-order valence-electron chi connectivity index (χ0n) is 12.8. The van der Waals surface area contributed by atoms with Crippen molar-refractivity contribution in [3.63, 3.8) is 0 Å². The molecule has 1 saturated carbocycles. The summed E-state index contributed by atoms with van der Waals surface area (Å²) in [5, 5.41) is 4.68. The summed E-state index contributed by atoms with van der Waals surface area (Å²) >= 11 is 1.60. The Hall–Kier alpha value is -1.77. The van der Waals surface area contributed by atoms with Crippen molar-refractivity contribution >= 4 is 27.3 Å². The molecule has 1 fully saturated rings. The molecule has 1 amide bonds. The number of carbonyl (C=O) groups is 1.